The molecule has 0 fully saturated rings. The summed E-state index contributed by atoms with van der Waals surface area (Å²) in [6.07, 6.45) is 1.81. The van der Waals surface area contributed by atoms with Crippen molar-refractivity contribution in [1.82, 2.24) is 14.5 Å². The molecule has 2 aromatic heterocycles. The fraction of sp³-hybridized carbons (Fsp3) is 0.111. The quantitative estimate of drug-likeness (QED) is 0.555. The maximum atomic E-state index is 5.59. The van der Waals surface area contributed by atoms with Crippen molar-refractivity contribution in [2.24, 2.45) is 0 Å². The van der Waals surface area contributed by atoms with Gasteiger partial charge in [0.25, 0.3) is 0 Å². The fourth-order valence-corrected chi connectivity index (χ4v) is 3.67. The molecule has 3 heterocycles. The largest absolute Gasteiger partial charge is 0.467 e. The van der Waals surface area contributed by atoms with Crippen LogP contribution < -0.4 is 4.74 Å². The molecule has 4 aromatic rings. The lowest BCUT2D eigenvalue weighted by molar-refractivity contribution is -0.0161. The van der Waals surface area contributed by atoms with Gasteiger partial charge in [0.05, 0.1) is 23.3 Å². The molecule has 0 radical (unpaired) electrons. The van der Waals surface area contributed by atoms with Crippen LogP contribution in [0.3, 0.4) is 0 Å². The van der Waals surface area contributed by atoms with Gasteiger partial charge in [-0.15, -0.1) is 11.3 Å². The predicted octanol–water partition coefficient (Wildman–Crippen LogP) is 4.02. The Kier molecular flexibility index (Phi) is 3.11. The van der Waals surface area contributed by atoms with Crippen molar-refractivity contribution in [2.45, 2.75) is 6.61 Å². The van der Waals surface area contributed by atoms with Gasteiger partial charge in [0.2, 0.25) is 0 Å². The van der Waals surface area contributed by atoms with Crippen LogP contribution in [0.25, 0.3) is 27.4 Å². The molecule has 0 saturated carbocycles. The van der Waals surface area contributed by atoms with Crippen LogP contribution in [0.4, 0.5) is 0 Å². The van der Waals surface area contributed by atoms with E-state index in [1.165, 1.54) is 0 Å². The lowest BCUT2D eigenvalue weighted by Crippen LogP contribution is -2.11. The van der Waals surface area contributed by atoms with Gasteiger partial charge in [0.15, 0.2) is 11.9 Å². The average Bonchev–Trinajstić information content (AvgIpc) is 3.27. The van der Waals surface area contributed by atoms with E-state index < -0.39 is 0 Å². The SMILES string of the molecule is c1ccc(-c2csc(-n3cnc4cc5c(cc43)OCOC5)n2)cc1. The summed E-state index contributed by atoms with van der Waals surface area (Å²) in [6, 6.07) is 14.2. The molecule has 0 saturated heterocycles. The number of aromatic nitrogens is 3. The number of fused-ring (bicyclic) bond motifs is 2. The number of imidazole rings is 1. The van der Waals surface area contributed by atoms with Crippen LogP contribution in [0.15, 0.2) is 54.2 Å². The summed E-state index contributed by atoms with van der Waals surface area (Å²) in [4.78, 5) is 9.26. The van der Waals surface area contributed by atoms with Gasteiger partial charge < -0.3 is 9.47 Å². The van der Waals surface area contributed by atoms with Gasteiger partial charge >= 0.3 is 0 Å². The Morgan fingerprint density at radius 1 is 1.12 bits per heavy atom. The molecule has 0 N–H and O–H groups in total. The van der Waals surface area contributed by atoms with Crippen molar-refractivity contribution < 1.29 is 9.47 Å². The van der Waals surface area contributed by atoms with Crippen molar-refractivity contribution in [3.05, 3.63) is 59.7 Å². The Hall–Kier alpha value is -2.70. The first kappa shape index (κ1) is 13.7. The second-order valence-corrected chi connectivity index (χ2v) is 6.39. The molecular formula is C18H13N3O2S. The first-order chi connectivity index (χ1) is 11.9. The Bertz CT molecular complexity index is 1020. The number of ether oxygens (including phenoxy) is 2. The first-order valence-corrected chi connectivity index (χ1v) is 8.48. The molecule has 5 rings (SSSR count). The van der Waals surface area contributed by atoms with Gasteiger partial charge in [-0.1, -0.05) is 30.3 Å². The number of rotatable bonds is 2. The third kappa shape index (κ3) is 2.19. The third-order valence-electron chi connectivity index (χ3n) is 4.05. The topological polar surface area (TPSA) is 49.2 Å². The highest BCUT2D eigenvalue weighted by atomic mass is 32.1. The van der Waals surface area contributed by atoms with Crippen molar-refractivity contribution >= 4 is 22.4 Å². The smallest absolute Gasteiger partial charge is 0.195 e. The van der Waals surface area contributed by atoms with Crippen LogP contribution in [0, 0.1) is 0 Å². The standard InChI is InChI=1S/C18H13N3O2S/c1-2-4-12(5-3-1)15-9-24-18(20-15)21-10-19-14-6-13-8-22-11-23-17(13)7-16(14)21/h1-7,9-10H,8,11H2. The molecule has 0 atom stereocenters. The van der Waals surface area contributed by atoms with Crippen LogP contribution in [0.5, 0.6) is 5.75 Å². The van der Waals surface area contributed by atoms with Crippen LogP contribution in [0.1, 0.15) is 5.56 Å². The molecular weight excluding hydrogens is 322 g/mol. The molecule has 24 heavy (non-hydrogen) atoms. The third-order valence-corrected chi connectivity index (χ3v) is 4.89. The van der Waals surface area contributed by atoms with E-state index in [-0.39, 0.29) is 0 Å². The summed E-state index contributed by atoms with van der Waals surface area (Å²) < 4.78 is 12.9. The molecule has 0 spiro atoms. The summed E-state index contributed by atoms with van der Waals surface area (Å²) in [6.45, 7) is 0.857. The molecule has 0 unspecified atom stereocenters. The Labute approximate surface area is 142 Å². The summed E-state index contributed by atoms with van der Waals surface area (Å²) in [5, 5.41) is 2.96. The molecule has 1 aliphatic heterocycles. The number of nitrogens with zero attached hydrogens (tertiary/aromatic N) is 3. The Balaban J connectivity index is 1.61. The van der Waals surface area contributed by atoms with Gasteiger partial charge in [-0.2, -0.15) is 0 Å². The maximum Gasteiger partial charge on any atom is 0.195 e. The molecule has 0 aliphatic carbocycles. The van der Waals surface area contributed by atoms with E-state index in [0.29, 0.717) is 13.4 Å². The maximum absolute atomic E-state index is 5.59. The minimum atomic E-state index is 0.294. The zero-order chi connectivity index (χ0) is 15.9. The number of benzene rings is 2. The molecule has 0 amide bonds. The predicted molar refractivity (Wildman–Crippen MR) is 92.5 cm³/mol. The molecule has 2 aromatic carbocycles. The zero-order valence-electron chi connectivity index (χ0n) is 12.7. The van der Waals surface area contributed by atoms with E-state index in [2.05, 4.69) is 22.5 Å². The molecule has 5 nitrogen and oxygen atoms in total. The number of hydrogen-bond acceptors (Lipinski definition) is 5. The van der Waals surface area contributed by atoms with Gasteiger partial charge in [-0.25, -0.2) is 9.97 Å². The second kappa shape index (κ2) is 5.43. The van der Waals surface area contributed by atoms with Gasteiger partial charge in [0, 0.05) is 22.6 Å². The fourth-order valence-electron chi connectivity index (χ4n) is 2.85. The second-order valence-electron chi connectivity index (χ2n) is 5.56. The highest BCUT2D eigenvalue weighted by Crippen LogP contribution is 2.31. The number of thiazole rings is 1. The molecule has 118 valence electrons. The molecule has 1 aliphatic rings. The lowest BCUT2D eigenvalue weighted by Gasteiger charge is -2.17. The van der Waals surface area contributed by atoms with Crippen molar-refractivity contribution in [1.29, 1.82) is 0 Å². The summed E-state index contributed by atoms with van der Waals surface area (Å²) in [7, 11) is 0. The van der Waals surface area contributed by atoms with Crippen LogP contribution in [-0.4, -0.2) is 21.3 Å². The van der Waals surface area contributed by atoms with Crippen molar-refractivity contribution in [3.63, 3.8) is 0 Å². The first-order valence-electron chi connectivity index (χ1n) is 7.60. The lowest BCUT2D eigenvalue weighted by atomic mass is 10.2. The minimum Gasteiger partial charge on any atom is -0.467 e. The summed E-state index contributed by atoms with van der Waals surface area (Å²) in [5.74, 6) is 0.857. The highest BCUT2D eigenvalue weighted by molar-refractivity contribution is 7.12. The van der Waals surface area contributed by atoms with E-state index in [0.717, 1.165) is 38.7 Å². The number of hydrogen-bond donors (Lipinski definition) is 0. The van der Waals surface area contributed by atoms with Gasteiger partial charge in [-0.05, 0) is 6.07 Å². The highest BCUT2D eigenvalue weighted by Gasteiger charge is 2.16. The van der Waals surface area contributed by atoms with E-state index in [1.807, 2.05) is 41.2 Å². The normalized spacial score (nSPS) is 13.7. The van der Waals surface area contributed by atoms with Crippen LogP contribution in [0.2, 0.25) is 0 Å². The Morgan fingerprint density at radius 3 is 2.96 bits per heavy atom. The molecule has 6 heteroatoms. The van der Waals surface area contributed by atoms with Crippen LogP contribution in [-0.2, 0) is 11.3 Å². The molecule has 0 bridgehead atoms. The van der Waals surface area contributed by atoms with E-state index in [4.69, 9.17) is 14.5 Å². The summed E-state index contributed by atoms with van der Waals surface area (Å²) >= 11 is 1.60. The van der Waals surface area contributed by atoms with Crippen LogP contribution >= 0.6 is 11.3 Å². The minimum absolute atomic E-state index is 0.294. The van der Waals surface area contributed by atoms with Crippen molar-refractivity contribution in [3.8, 4) is 22.1 Å². The van der Waals surface area contributed by atoms with Crippen molar-refractivity contribution in [2.75, 3.05) is 6.79 Å². The van der Waals surface area contributed by atoms with E-state index >= 15 is 0 Å². The Morgan fingerprint density at radius 2 is 2.04 bits per heavy atom. The van der Waals surface area contributed by atoms with E-state index in [9.17, 15) is 0 Å². The average molecular weight is 335 g/mol. The van der Waals surface area contributed by atoms with E-state index in [1.54, 1.807) is 11.3 Å². The van der Waals surface area contributed by atoms with Gasteiger partial charge in [0.1, 0.15) is 12.1 Å². The monoisotopic (exact) mass is 335 g/mol. The van der Waals surface area contributed by atoms with Gasteiger partial charge in [-0.3, -0.25) is 4.57 Å². The summed E-state index contributed by atoms with van der Waals surface area (Å²) in [5.41, 5.74) is 5.02. The zero-order valence-corrected chi connectivity index (χ0v) is 13.5.